The van der Waals surface area contributed by atoms with E-state index in [2.05, 4.69) is 27.9 Å². The molecule has 0 fully saturated rings. The van der Waals surface area contributed by atoms with E-state index in [-0.39, 0.29) is 0 Å². The van der Waals surface area contributed by atoms with Crippen LogP contribution in [0, 0.1) is 0 Å². The number of rotatable bonds is 4. The second kappa shape index (κ2) is 4.70. The summed E-state index contributed by atoms with van der Waals surface area (Å²) in [6.07, 6.45) is 4.27. The van der Waals surface area contributed by atoms with E-state index in [0.717, 1.165) is 13.0 Å². The number of benzene rings is 1. The van der Waals surface area contributed by atoms with Gasteiger partial charge in [-0.15, -0.1) is 0 Å². The van der Waals surface area contributed by atoms with Gasteiger partial charge in [0.05, 0.1) is 0 Å². The number of hydrogen-bond acceptors (Lipinski definition) is 2. The molecule has 0 radical (unpaired) electrons. The molecule has 3 N–H and O–H groups in total. The Morgan fingerprint density at radius 1 is 1.27 bits per heavy atom. The molecule has 1 atom stereocenters. The molecule has 0 amide bonds. The second-order valence-electron chi connectivity index (χ2n) is 3.55. The van der Waals surface area contributed by atoms with E-state index < -0.39 is 0 Å². The van der Waals surface area contributed by atoms with Gasteiger partial charge >= 0.3 is 0 Å². The van der Waals surface area contributed by atoms with Crippen LogP contribution in [0.25, 0.3) is 0 Å². The molecule has 0 spiro atoms. The summed E-state index contributed by atoms with van der Waals surface area (Å²) in [6, 6.07) is 10.6. The third-order valence-corrected chi connectivity index (χ3v) is 2.44. The van der Waals surface area contributed by atoms with Crippen LogP contribution in [0.3, 0.4) is 0 Å². The Morgan fingerprint density at radius 3 is 2.73 bits per heavy atom. The van der Waals surface area contributed by atoms with E-state index in [4.69, 9.17) is 0 Å². The van der Waals surface area contributed by atoms with Gasteiger partial charge in [0, 0.05) is 18.5 Å². The van der Waals surface area contributed by atoms with Crippen LogP contribution < -0.4 is 5.73 Å². The summed E-state index contributed by atoms with van der Waals surface area (Å²) in [5.41, 5.74) is 5.42. The molecule has 1 heterocycles. The van der Waals surface area contributed by atoms with Gasteiger partial charge in [0.1, 0.15) is 18.7 Å². The topological polar surface area (TPSA) is 58.4 Å². The lowest BCUT2D eigenvalue weighted by atomic mass is 10.1. The fourth-order valence-electron chi connectivity index (χ4n) is 1.53. The lowest BCUT2D eigenvalue weighted by molar-refractivity contribution is -0.428. The van der Waals surface area contributed by atoms with Crippen LogP contribution in [-0.4, -0.2) is 14.8 Å². The van der Waals surface area contributed by atoms with Gasteiger partial charge in [-0.1, -0.05) is 30.3 Å². The largest absolute Gasteiger partial charge is 0.351 e. The van der Waals surface area contributed by atoms with Crippen molar-refractivity contribution in [3.63, 3.8) is 0 Å². The van der Waals surface area contributed by atoms with Gasteiger partial charge in [0.25, 0.3) is 0 Å². The van der Waals surface area contributed by atoms with Crippen LogP contribution in [0.15, 0.2) is 43.0 Å². The summed E-state index contributed by atoms with van der Waals surface area (Å²) in [7, 11) is 0. The van der Waals surface area contributed by atoms with E-state index in [0.29, 0.717) is 6.04 Å². The summed E-state index contributed by atoms with van der Waals surface area (Å²) < 4.78 is 1.83. The minimum Gasteiger partial charge on any atom is -0.351 e. The fourth-order valence-corrected chi connectivity index (χ4v) is 1.53. The molecule has 2 aromatic rings. The van der Waals surface area contributed by atoms with Crippen molar-refractivity contribution in [2.24, 2.45) is 0 Å². The standard InChI is InChI=1S/C11H14N4/c12-11(10-4-2-1-3-5-10)6-7-15-9-13-8-14-15/h1-5,8-9,11H,6-7,12H2/p+1/t11-/m1/s1. The van der Waals surface area contributed by atoms with Gasteiger partial charge in [0.15, 0.2) is 0 Å². The highest BCUT2D eigenvalue weighted by Gasteiger charge is 2.08. The van der Waals surface area contributed by atoms with Crippen molar-refractivity contribution in [3.8, 4) is 0 Å². The molecular weight excluding hydrogens is 188 g/mol. The number of nitrogens with zero attached hydrogens (tertiary/aromatic N) is 3. The maximum Gasteiger partial charge on any atom is 0.137 e. The van der Waals surface area contributed by atoms with Crippen molar-refractivity contribution in [1.82, 2.24) is 14.8 Å². The molecule has 4 heteroatoms. The van der Waals surface area contributed by atoms with Gasteiger partial charge in [-0.25, -0.2) is 4.98 Å². The van der Waals surface area contributed by atoms with Crippen LogP contribution in [-0.2, 0) is 6.54 Å². The molecule has 78 valence electrons. The molecule has 2 rings (SSSR count). The molecule has 0 saturated heterocycles. The molecule has 0 aliphatic rings. The molecule has 0 unspecified atom stereocenters. The minimum absolute atomic E-state index is 0.315. The first kappa shape index (κ1) is 9.86. The summed E-state index contributed by atoms with van der Waals surface area (Å²) in [5, 5.41) is 4.06. The van der Waals surface area contributed by atoms with Crippen molar-refractivity contribution in [2.45, 2.75) is 19.0 Å². The molecule has 0 bridgehead atoms. The molecule has 15 heavy (non-hydrogen) atoms. The normalized spacial score (nSPS) is 12.6. The Kier molecular flexibility index (Phi) is 3.09. The van der Waals surface area contributed by atoms with E-state index in [1.54, 1.807) is 12.7 Å². The van der Waals surface area contributed by atoms with Gasteiger partial charge in [-0.2, -0.15) is 5.10 Å². The average Bonchev–Trinajstić information content (AvgIpc) is 2.80. The quantitative estimate of drug-likeness (QED) is 0.793. The summed E-state index contributed by atoms with van der Waals surface area (Å²) in [5.74, 6) is 0. The van der Waals surface area contributed by atoms with Crippen LogP contribution in [0.4, 0.5) is 0 Å². The Morgan fingerprint density at radius 2 is 2.07 bits per heavy atom. The Hall–Kier alpha value is -1.68. The molecule has 0 aliphatic heterocycles. The van der Waals surface area contributed by atoms with Crippen LogP contribution in [0.2, 0.25) is 0 Å². The first-order chi connectivity index (χ1) is 7.36. The Labute approximate surface area is 88.8 Å². The summed E-state index contributed by atoms with van der Waals surface area (Å²) >= 11 is 0. The van der Waals surface area contributed by atoms with Crippen molar-refractivity contribution in [2.75, 3.05) is 0 Å². The highest BCUT2D eigenvalue weighted by molar-refractivity contribution is 5.16. The van der Waals surface area contributed by atoms with Crippen molar-refractivity contribution in [3.05, 3.63) is 48.5 Å². The number of hydrogen-bond donors (Lipinski definition) is 1. The van der Waals surface area contributed by atoms with Crippen LogP contribution in [0.1, 0.15) is 18.0 Å². The summed E-state index contributed by atoms with van der Waals surface area (Å²) in [4.78, 5) is 3.90. The number of aryl methyl sites for hydroxylation is 1. The van der Waals surface area contributed by atoms with Gasteiger partial charge < -0.3 is 5.73 Å². The predicted octanol–water partition coefficient (Wildman–Crippen LogP) is 0.651. The average molecular weight is 203 g/mol. The maximum absolute atomic E-state index is 4.15. The lowest BCUT2D eigenvalue weighted by Crippen LogP contribution is -2.53. The van der Waals surface area contributed by atoms with E-state index >= 15 is 0 Å². The van der Waals surface area contributed by atoms with E-state index in [1.165, 1.54) is 5.56 Å². The Bertz CT molecular complexity index is 382. The molecule has 0 saturated carbocycles. The highest BCUT2D eigenvalue weighted by atomic mass is 15.3. The zero-order valence-corrected chi connectivity index (χ0v) is 8.58. The third-order valence-electron chi connectivity index (χ3n) is 2.44. The highest BCUT2D eigenvalue weighted by Crippen LogP contribution is 2.11. The van der Waals surface area contributed by atoms with E-state index in [9.17, 15) is 0 Å². The fraction of sp³-hybridized carbons (Fsp3) is 0.273. The maximum atomic E-state index is 4.15. The van der Waals surface area contributed by atoms with Crippen LogP contribution in [0.5, 0.6) is 0 Å². The molecule has 0 aliphatic carbocycles. The minimum atomic E-state index is 0.315. The van der Waals surface area contributed by atoms with Crippen molar-refractivity contribution >= 4 is 0 Å². The zero-order valence-electron chi connectivity index (χ0n) is 8.58. The number of quaternary nitrogens is 1. The van der Waals surface area contributed by atoms with E-state index in [1.807, 2.05) is 22.9 Å². The second-order valence-corrected chi connectivity index (χ2v) is 3.55. The van der Waals surface area contributed by atoms with Gasteiger partial charge in [0.2, 0.25) is 0 Å². The summed E-state index contributed by atoms with van der Waals surface area (Å²) in [6.45, 7) is 0.864. The smallest absolute Gasteiger partial charge is 0.137 e. The van der Waals surface area contributed by atoms with Crippen molar-refractivity contribution in [1.29, 1.82) is 0 Å². The van der Waals surface area contributed by atoms with Crippen molar-refractivity contribution < 1.29 is 5.73 Å². The van der Waals surface area contributed by atoms with Gasteiger partial charge in [-0.3, -0.25) is 4.68 Å². The van der Waals surface area contributed by atoms with Crippen LogP contribution >= 0.6 is 0 Å². The first-order valence-corrected chi connectivity index (χ1v) is 5.06. The molecule has 1 aromatic carbocycles. The molecule has 4 nitrogen and oxygen atoms in total. The lowest BCUT2D eigenvalue weighted by Gasteiger charge is -2.08. The molecule has 1 aromatic heterocycles. The molecular formula is C11H15N4+. The predicted molar refractivity (Wildman–Crippen MR) is 56.7 cm³/mol. The zero-order chi connectivity index (χ0) is 10.5. The Balaban J connectivity index is 1.90. The third kappa shape index (κ3) is 2.63. The van der Waals surface area contributed by atoms with Gasteiger partial charge in [-0.05, 0) is 0 Å². The SMILES string of the molecule is [NH3+][C@H](CCn1cncn1)c1ccccc1. The monoisotopic (exact) mass is 203 g/mol. The first-order valence-electron chi connectivity index (χ1n) is 5.06. The number of aromatic nitrogens is 3.